The topological polar surface area (TPSA) is 56.5 Å². The van der Waals surface area contributed by atoms with Crippen LogP contribution in [0.3, 0.4) is 0 Å². The Balaban J connectivity index is 2.20. The van der Waals surface area contributed by atoms with Crippen LogP contribution in [0.4, 0.5) is 0 Å². The molecular formula is C12H20N2O3Si. The van der Waals surface area contributed by atoms with Gasteiger partial charge in [0.2, 0.25) is 0 Å². The summed E-state index contributed by atoms with van der Waals surface area (Å²) in [5.74, 6) is 0.715. The van der Waals surface area contributed by atoms with E-state index in [9.17, 15) is 0 Å². The van der Waals surface area contributed by atoms with Gasteiger partial charge in [-0.15, -0.1) is 0 Å². The Hall–Kier alpha value is -1.11. The fourth-order valence-electron chi connectivity index (χ4n) is 1.74. The second-order valence-electron chi connectivity index (χ2n) is 5.42. The lowest BCUT2D eigenvalue weighted by Crippen LogP contribution is -2.43. The summed E-state index contributed by atoms with van der Waals surface area (Å²) in [5, 5.41) is 3.88. The minimum atomic E-state index is -1.48. The van der Waals surface area contributed by atoms with Crippen molar-refractivity contribution in [1.29, 1.82) is 0 Å². The van der Waals surface area contributed by atoms with Crippen LogP contribution in [0.15, 0.2) is 16.3 Å². The Morgan fingerprint density at radius 2 is 2.06 bits per heavy atom. The van der Waals surface area contributed by atoms with Gasteiger partial charge in [-0.05, 0) is 6.92 Å². The first-order chi connectivity index (χ1) is 8.44. The number of rotatable bonds is 4. The van der Waals surface area contributed by atoms with Gasteiger partial charge < -0.3 is 19.0 Å². The van der Waals surface area contributed by atoms with E-state index in [0.717, 1.165) is 11.4 Å². The predicted octanol–water partition coefficient (Wildman–Crippen LogP) is 2.12. The zero-order valence-electron chi connectivity index (χ0n) is 11.3. The maximum Gasteiger partial charge on any atom is 0.198 e. The summed E-state index contributed by atoms with van der Waals surface area (Å²) in [7, 11) is -1.48. The van der Waals surface area contributed by atoms with Gasteiger partial charge in [0.25, 0.3) is 0 Å². The fourth-order valence-corrected chi connectivity index (χ4v) is 2.79. The number of ether oxygens (including phenoxy) is 2. The summed E-state index contributed by atoms with van der Waals surface area (Å²) < 4.78 is 16.3. The van der Waals surface area contributed by atoms with Crippen LogP contribution in [0.5, 0.6) is 0 Å². The summed E-state index contributed by atoms with van der Waals surface area (Å²) in [6.07, 6.45) is 1.59. The van der Waals surface area contributed by atoms with Crippen molar-refractivity contribution in [3.8, 4) is 0 Å². The van der Waals surface area contributed by atoms with E-state index in [-0.39, 0.29) is 6.29 Å². The molecule has 6 heteroatoms. The largest absolute Gasteiger partial charge is 0.410 e. The molecule has 18 heavy (non-hydrogen) atoms. The molecule has 1 saturated heterocycles. The minimum Gasteiger partial charge on any atom is -0.410 e. The number of hydrogen-bond acceptors (Lipinski definition) is 5. The molecule has 0 bridgehead atoms. The Kier molecular flexibility index (Phi) is 3.89. The molecule has 100 valence electrons. The Morgan fingerprint density at radius 3 is 2.56 bits per heavy atom. The number of hydrogen-bond donors (Lipinski definition) is 1. The van der Waals surface area contributed by atoms with Crippen LogP contribution in [0.2, 0.25) is 19.6 Å². The SMILES string of the molecule is Cc1cc(/C=C(/N[Si](C)(C)C)C2OCCO2)on1. The first-order valence-electron chi connectivity index (χ1n) is 6.10. The predicted molar refractivity (Wildman–Crippen MR) is 71.4 cm³/mol. The third kappa shape index (κ3) is 3.69. The molecule has 2 heterocycles. The van der Waals surface area contributed by atoms with Crippen molar-refractivity contribution >= 4 is 14.3 Å². The van der Waals surface area contributed by atoms with Gasteiger partial charge in [-0.2, -0.15) is 0 Å². The van der Waals surface area contributed by atoms with Crippen molar-refractivity contribution in [2.24, 2.45) is 0 Å². The smallest absolute Gasteiger partial charge is 0.198 e. The van der Waals surface area contributed by atoms with Gasteiger partial charge in [-0.3, -0.25) is 0 Å². The Morgan fingerprint density at radius 1 is 1.39 bits per heavy atom. The molecule has 1 aliphatic heterocycles. The first kappa shape index (κ1) is 13.3. The van der Waals surface area contributed by atoms with Gasteiger partial charge >= 0.3 is 0 Å². The normalized spacial score (nSPS) is 18.3. The van der Waals surface area contributed by atoms with Crippen molar-refractivity contribution in [2.75, 3.05) is 13.2 Å². The second kappa shape index (κ2) is 5.25. The van der Waals surface area contributed by atoms with Crippen LogP contribution < -0.4 is 4.98 Å². The highest BCUT2D eigenvalue weighted by Gasteiger charge is 2.25. The highest BCUT2D eigenvalue weighted by Crippen LogP contribution is 2.18. The van der Waals surface area contributed by atoms with Gasteiger partial charge in [-0.1, -0.05) is 24.8 Å². The van der Waals surface area contributed by atoms with E-state index in [0.29, 0.717) is 19.0 Å². The molecular weight excluding hydrogens is 248 g/mol. The van der Waals surface area contributed by atoms with Crippen molar-refractivity contribution in [3.05, 3.63) is 23.2 Å². The lowest BCUT2D eigenvalue weighted by molar-refractivity contribution is -0.0132. The molecule has 0 aromatic carbocycles. The summed E-state index contributed by atoms with van der Waals surface area (Å²) >= 11 is 0. The molecule has 1 fully saturated rings. The molecule has 0 aliphatic carbocycles. The molecule has 0 amide bonds. The molecule has 1 aromatic rings. The Labute approximate surface area is 108 Å². The van der Waals surface area contributed by atoms with E-state index in [1.807, 2.05) is 19.1 Å². The van der Waals surface area contributed by atoms with Crippen molar-refractivity contribution < 1.29 is 14.0 Å². The molecule has 0 radical (unpaired) electrons. The number of aryl methyl sites for hydroxylation is 1. The number of nitrogens with zero attached hydrogens (tertiary/aromatic N) is 1. The third-order valence-corrected chi connectivity index (χ3v) is 3.38. The van der Waals surface area contributed by atoms with E-state index in [4.69, 9.17) is 14.0 Å². The van der Waals surface area contributed by atoms with E-state index in [1.54, 1.807) is 0 Å². The van der Waals surface area contributed by atoms with E-state index < -0.39 is 8.24 Å². The lowest BCUT2D eigenvalue weighted by Gasteiger charge is -2.24. The Bertz CT molecular complexity index is 431. The molecule has 1 N–H and O–H groups in total. The fraction of sp³-hybridized carbons (Fsp3) is 0.583. The van der Waals surface area contributed by atoms with E-state index >= 15 is 0 Å². The third-order valence-electron chi connectivity index (χ3n) is 2.34. The second-order valence-corrected chi connectivity index (χ2v) is 10.2. The highest BCUT2D eigenvalue weighted by atomic mass is 28.3. The lowest BCUT2D eigenvalue weighted by atomic mass is 10.3. The average Bonchev–Trinajstić information content (AvgIpc) is 2.86. The van der Waals surface area contributed by atoms with Gasteiger partial charge in [0, 0.05) is 12.1 Å². The summed E-state index contributed by atoms with van der Waals surface area (Å²) in [4.78, 5) is 3.52. The standard InChI is InChI=1S/C12H20N2O3Si/c1-9-7-10(17-13-9)8-11(14-18(2,3)4)12-15-5-6-16-12/h7-8,12,14H,5-6H2,1-4H3/b11-8+. The van der Waals surface area contributed by atoms with Crippen LogP contribution in [0.1, 0.15) is 11.5 Å². The van der Waals surface area contributed by atoms with E-state index in [2.05, 4.69) is 29.8 Å². The van der Waals surface area contributed by atoms with Crippen LogP contribution >= 0.6 is 0 Å². The molecule has 0 atom stereocenters. The zero-order chi connectivity index (χ0) is 13.2. The van der Waals surface area contributed by atoms with Gasteiger partial charge in [-0.25, -0.2) is 0 Å². The van der Waals surface area contributed by atoms with Gasteiger partial charge in [0.05, 0.1) is 24.6 Å². The molecule has 5 nitrogen and oxygen atoms in total. The van der Waals surface area contributed by atoms with Crippen LogP contribution in [0, 0.1) is 6.92 Å². The van der Waals surface area contributed by atoms with Crippen LogP contribution in [0.25, 0.3) is 6.08 Å². The molecule has 1 aliphatic rings. The summed E-state index contributed by atoms with van der Waals surface area (Å²) in [5.41, 5.74) is 1.78. The quantitative estimate of drug-likeness (QED) is 0.848. The maximum absolute atomic E-state index is 5.55. The highest BCUT2D eigenvalue weighted by molar-refractivity contribution is 6.74. The average molecular weight is 268 g/mol. The number of aromatic nitrogens is 1. The molecule has 0 spiro atoms. The zero-order valence-corrected chi connectivity index (χ0v) is 12.3. The van der Waals surface area contributed by atoms with E-state index in [1.165, 1.54) is 0 Å². The first-order valence-corrected chi connectivity index (χ1v) is 9.60. The molecule has 0 saturated carbocycles. The van der Waals surface area contributed by atoms with Crippen molar-refractivity contribution in [2.45, 2.75) is 32.9 Å². The maximum atomic E-state index is 5.55. The van der Waals surface area contributed by atoms with Crippen LogP contribution in [-0.2, 0) is 9.47 Å². The number of nitrogens with one attached hydrogen (secondary N) is 1. The monoisotopic (exact) mass is 268 g/mol. The van der Waals surface area contributed by atoms with Gasteiger partial charge in [0.15, 0.2) is 12.1 Å². The minimum absolute atomic E-state index is 0.317. The van der Waals surface area contributed by atoms with Crippen molar-refractivity contribution in [3.63, 3.8) is 0 Å². The summed E-state index contributed by atoms with van der Waals surface area (Å²) in [6.45, 7) is 9.83. The molecule has 0 unspecified atom stereocenters. The van der Waals surface area contributed by atoms with Crippen LogP contribution in [-0.4, -0.2) is 32.9 Å². The van der Waals surface area contributed by atoms with Crippen molar-refractivity contribution in [1.82, 2.24) is 10.1 Å². The van der Waals surface area contributed by atoms with Gasteiger partial charge in [0.1, 0.15) is 8.24 Å². The molecule has 2 rings (SSSR count). The summed E-state index contributed by atoms with van der Waals surface area (Å²) in [6, 6.07) is 1.89. The molecule has 1 aromatic heterocycles.